The maximum Gasteiger partial charge on any atom is 0.255 e. The number of benzene rings is 2. The first kappa shape index (κ1) is 14.4. The van der Waals surface area contributed by atoms with E-state index in [1.54, 1.807) is 25.3 Å². The van der Waals surface area contributed by atoms with Crippen LogP contribution in [0.25, 0.3) is 0 Å². The number of carbonyl (C=O) groups is 1. The summed E-state index contributed by atoms with van der Waals surface area (Å²) in [4.78, 5) is 12.2. The van der Waals surface area contributed by atoms with Gasteiger partial charge < -0.3 is 10.1 Å². The minimum atomic E-state index is -0.175. The number of nitrogens with one attached hydrogen (secondary N) is 1. The highest BCUT2D eigenvalue weighted by molar-refractivity contribution is 6.31. The third-order valence-electron chi connectivity index (χ3n) is 3.00. The smallest absolute Gasteiger partial charge is 0.255 e. The molecule has 0 aliphatic rings. The highest BCUT2D eigenvalue weighted by Crippen LogP contribution is 2.20. The maximum absolute atomic E-state index is 12.2. The monoisotopic (exact) mass is 289 g/mol. The van der Waals surface area contributed by atoms with Gasteiger partial charge in [-0.05, 0) is 30.7 Å². The Balaban J connectivity index is 2.13. The van der Waals surface area contributed by atoms with Crippen molar-refractivity contribution in [2.75, 3.05) is 7.11 Å². The van der Waals surface area contributed by atoms with Crippen LogP contribution in [-0.2, 0) is 6.54 Å². The number of amides is 1. The lowest BCUT2D eigenvalue weighted by Gasteiger charge is -2.11. The third-order valence-corrected chi connectivity index (χ3v) is 3.37. The summed E-state index contributed by atoms with van der Waals surface area (Å²) in [6.07, 6.45) is 0. The second-order valence-electron chi connectivity index (χ2n) is 4.48. The van der Waals surface area contributed by atoms with Crippen molar-refractivity contribution in [1.82, 2.24) is 5.32 Å². The number of hydrogen-bond donors (Lipinski definition) is 1. The molecular formula is C16H16ClNO2. The van der Waals surface area contributed by atoms with E-state index in [2.05, 4.69) is 5.32 Å². The molecule has 0 aliphatic carbocycles. The first-order chi connectivity index (χ1) is 9.61. The summed E-state index contributed by atoms with van der Waals surface area (Å²) < 4.78 is 5.21. The van der Waals surface area contributed by atoms with Crippen molar-refractivity contribution in [3.63, 3.8) is 0 Å². The molecule has 0 aliphatic heterocycles. The number of aryl methyl sites for hydroxylation is 1. The van der Waals surface area contributed by atoms with Crippen molar-refractivity contribution < 1.29 is 9.53 Å². The second-order valence-corrected chi connectivity index (χ2v) is 4.89. The topological polar surface area (TPSA) is 38.3 Å². The molecule has 0 fully saturated rings. The Hall–Kier alpha value is -2.00. The van der Waals surface area contributed by atoms with E-state index in [-0.39, 0.29) is 5.91 Å². The molecular weight excluding hydrogens is 274 g/mol. The van der Waals surface area contributed by atoms with Crippen LogP contribution in [-0.4, -0.2) is 13.0 Å². The molecule has 2 aromatic carbocycles. The Morgan fingerprint density at radius 3 is 2.70 bits per heavy atom. The fourth-order valence-corrected chi connectivity index (χ4v) is 2.11. The molecule has 104 valence electrons. The van der Waals surface area contributed by atoms with Gasteiger partial charge in [0.2, 0.25) is 0 Å². The zero-order valence-electron chi connectivity index (χ0n) is 11.4. The van der Waals surface area contributed by atoms with Gasteiger partial charge in [-0.2, -0.15) is 0 Å². The molecule has 0 unspecified atom stereocenters. The van der Waals surface area contributed by atoms with E-state index in [1.165, 1.54) is 0 Å². The Bertz CT molecular complexity index is 626. The highest BCUT2D eigenvalue weighted by atomic mass is 35.5. The van der Waals surface area contributed by atoms with E-state index in [4.69, 9.17) is 16.3 Å². The molecule has 0 saturated carbocycles. The molecule has 0 bridgehead atoms. The average molecular weight is 290 g/mol. The first-order valence-electron chi connectivity index (χ1n) is 6.28. The molecule has 0 spiro atoms. The van der Waals surface area contributed by atoms with Gasteiger partial charge in [-0.15, -0.1) is 0 Å². The van der Waals surface area contributed by atoms with E-state index >= 15 is 0 Å². The Morgan fingerprint density at radius 2 is 2.00 bits per heavy atom. The largest absolute Gasteiger partial charge is 0.496 e. The average Bonchev–Trinajstić information content (AvgIpc) is 2.46. The predicted molar refractivity (Wildman–Crippen MR) is 80.4 cm³/mol. The number of ether oxygens (including phenoxy) is 1. The number of carbonyl (C=O) groups excluding carboxylic acids is 1. The Kier molecular flexibility index (Phi) is 4.64. The number of hydrogen-bond acceptors (Lipinski definition) is 2. The van der Waals surface area contributed by atoms with E-state index in [1.807, 2.05) is 31.2 Å². The van der Waals surface area contributed by atoms with E-state index in [9.17, 15) is 4.79 Å². The van der Waals surface area contributed by atoms with Crippen molar-refractivity contribution >= 4 is 17.5 Å². The lowest BCUT2D eigenvalue weighted by Crippen LogP contribution is -2.23. The minimum Gasteiger partial charge on any atom is -0.496 e. The summed E-state index contributed by atoms with van der Waals surface area (Å²) in [6, 6.07) is 12.9. The zero-order valence-corrected chi connectivity index (χ0v) is 12.2. The first-order valence-corrected chi connectivity index (χ1v) is 6.66. The quantitative estimate of drug-likeness (QED) is 0.934. The highest BCUT2D eigenvalue weighted by Gasteiger charge is 2.12. The van der Waals surface area contributed by atoms with E-state index < -0.39 is 0 Å². The summed E-state index contributed by atoms with van der Waals surface area (Å²) in [7, 11) is 1.55. The van der Waals surface area contributed by atoms with Gasteiger partial charge in [0.1, 0.15) is 5.75 Å². The fourth-order valence-electron chi connectivity index (χ4n) is 1.91. The van der Waals surface area contributed by atoms with Crippen molar-refractivity contribution in [2.24, 2.45) is 0 Å². The molecule has 0 radical (unpaired) electrons. The van der Waals surface area contributed by atoms with Gasteiger partial charge in [-0.1, -0.05) is 41.4 Å². The van der Waals surface area contributed by atoms with Crippen molar-refractivity contribution in [3.05, 3.63) is 64.2 Å². The molecule has 0 heterocycles. The molecule has 0 aromatic heterocycles. The van der Waals surface area contributed by atoms with Crippen LogP contribution < -0.4 is 10.1 Å². The van der Waals surface area contributed by atoms with Crippen LogP contribution in [0.2, 0.25) is 5.02 Å². The minimum absolute atomic E-state index is 0.175. The lowest BCUT2D eigenvalue weighted by molar-refractivity contribution is 0.0948. The van der Waals surface area contributed by atoms with Crippen LogP contribution in [0.4, 0.5) is 0 Å². The van der Waals surface area contributed by atoms with Gasteiger partial charge in [-0.3, -0.25) is 4.79 Å². The van der Waals surface area contributed by atoms with Crippen molar-refractivity contribution in [2.45, 2.75) is 13.5 Å². The molecule has 0 saturated heterocycles. The van der Waals surface area contributed by atoms with E-state index in [0.29, 0.717) is 22.9 Å². The molecule has 0 atom stereocenters. The van der Waals surface area contributed by atoms with Crippen LogP contribution in [0.1, 0.15) is 21.5 Å². The molecule has 1 N–H and O–H groups in total. The molecule has 3 nitrogen and oxygen atoms in total. The number of halogens is 1. The van der Waals surface area contributed by atoms with Crippen molar-refractivity contribution in [1.29, 1.82) is 0 Å². The van der Waals surface area contributed by atoms with E-state index in [0.717, 1.165) is 11.1 Å². The van der Waals surface area contributed by atoms with Crippen LogP contribution >= 0.6 is 11.6 Å². The van der Waals surface area contributed by atoms with Gasteiger partial charge in [0, 0.05) is 11.6 Å². The summed E-state index contributed by atoms with van der Waals surface area (Å²) >= 11 is 6.06. The predicted octanol–water partition coefficient (Wildman–Crippen LogP) is 3.59. The van der Waals surface area contributed by atoms with Gasteiger partial charge in [0.15, 0.2) is 0 Å². The number of rotatable bonds is 4. The molecule has 4 heteroatoms. The Morgan fingerprint density at radius 1 is 1.25 bits per heavy atom. The summed E-state index contributed by atoms with van der Waals surface area (Å²) in [5.41, 5.74) is 2.42. The van der Waals surface area contributed by atoms with Gasteiger partial charge >= 0.3 is 0 Å². The summed E-state index contributed by atoms with van der Waals surface area (Å²) in [6.45, 7) is 2.32. The van der Waals surface area contributed by atoms with Crippen LogP contribution in [0, 0.1) is 6.92 Å². The lowest BCUT2D eigenvalue weighted by atomic mass is 10.1. The summed E-state index contributed by atoms with van der Waals surface area (Å²) in [5, 5.41) is 3.50. The molecule has 2 rings (SSSR count). The zero-order chi connectivity index (χ0) is 14.5. The normalized spacial score (nSPS) is 10.2. The van der Waals surface area contributed by atoms with Gasteiger partial charge in [0.25, 0.3) is 5.91 Å². The molecule has 1 amide bonds. The SMILES string of the molecule is COc1ccc(C)cc1C(=O)NCc1ccccc1Cl. The van der Waals surface area contributed by atoms with Gasteiger partial charge in [-0.25, -0.2) is 0 Å². The maximum atomic E-state index is 12.2. The van der Waals surface area contributed by atoms with Crippen LogP contribution in [0.15, 0.2) is 42.5 Å². The Labute approximate surface area is 123 Å². The van der Waals surface area contributed by atoms with Crippen LogP contribution in [0.3, 0.4) is 0 Å². The summed E-state index contributed by atoms with van der Waals surface area (Å²) in [5.74, 6) is 0.387. The van der Waals surface area contributed by atoms with Crippen molar-refractivity contribution in [3.8, 4) is 5.75 Å². The van der Waals surface area contributed by atoms with Crippen LogP contribution in [0.5, 0.6) is 5.75 Å². The third kappa shape index (κ3) is 3.31. The molecule has 20 heavy (non-hydrogen) atoms. The molecule has 2 aromatic rings. The number of methoxy groups -OCH3 is 1. The second kappa shape index (κ2) is 6.44. The van der Waals surface area contributed by atoms with Gasteiger partial charge in [0.05, 0.1) is 12.7 Å². The standard InChI is InChI=1S/C16H16ClNO2/c1-11-7-8-15(20-2)13(9-11)16(19)18-10-12-5-3-4-6-14(12)17/h3-9H,10H2,1-2H3,(H,18,19). The fraction of sp³-hybridized carbons (Fsp3) is 0.188.